The van der Waals surface area contributed by atoms with Gasteiger partial charge in [-0.3, -0.25) is 9.69 Å². The Balaban J connectivity index is 2.18. The highest BCUT2D eigenvalue weighted by molar-refractivity contribution is 8.01. The van der Waals surface area contributed by atoms with Gasteiger partial charge in [0.1, 0.15) is 10.9 Å². The number of nitrogens with zero attached hydrogens (tertiary/aromatic N) is 1. The second-order valence-electron chi connectivity index (χ2n) is 11.3. The van der Waals surface area contributed by atoms with Crippen molar-refractivity contribution in [3.63, 3.8) is 0 Å². The Morgan fingerprint density at radius 2 is 1.25 bits per heavy atom. The molecule has 0 aliphatic rings. The zero-order valence-corrected chi connectivity index (χ0v) is 23.6. The molecule has 3 aromatic rings. The van der Waals surface area contributed by atoms with E-state index in [1.165, 1.54) is 11.1 Å². The van der Waals surface area contributed by atoms with Crippen LogP contribution in [-0.4, -0.2) is 26.5 Å². The third kappa shape index (κ3) is 8.25. The number of hydrogen-bond acceptors (Lipinski definition) is 4. The molecule has 0 aliphatic carbocycles. The number of rotatable bonds is 9. The maximum atomic E-state index is 13.9. The van der Waals surface area contributed by atoms with Gasteiger partial charge in [0.25, 0.3) is 0 Å². The van der Waals surface area contributed by atoms with E-state index in [-0.39, 0.29) is 22.8 Å². The van der Waals surface area contributed by atoms with Crippen molar-refractivity contribution in [2.24, 2.45) is 0 Å². The van der Waals surface area contributed by atoms with E-state index < -0.39 is 10.9 Å². The molecule has 0 fully saturated rings. The van der Waals surface area contributed by atoms with Gasteiger partial charge in [0.2, 0.25) is 0 Å². The summed E-state index contributed by atoms with van der Waals surface area (Å²) in [7, 11) is 0. The molecule has 36 heavy (non-hydrogen) atoms. The lowest BCUT2D eigenvalue weighted by molar-refractivity contribution is -0.156. The fourth-order valence-corrected chi connectivity index (χ4v) is 5.71. The molecule has 3 nitrogen and oxygen atoms in total. The summed E-state index contributed by atoms with van der Waals surface area (Å²) in [5.41, 5.74) is 2.98. The van der Waals surface area contributed by atoms with Crippen LogP contribution in [0, 0.1) is 0 Å². The van der Waals surface area contributed by atoms with E-state index >= 15 is 0 Å². The first-order valence-corrected chi connectivity index (χ1v) is 13.6. The number of carbonyl (C=O) groups excluding carboxylic acids is 1. The van der Waals surface area contributed by atoms with Crippen LogP contribution in [-0.2, 0) is 16.1 Å². The molecule has 0 aliphatic heterocycles. The second kappa shape index (κ2) is 12.1. The number of hydrogen-bond donors (Lipinski definition) is 0. The molecule has 0 amide bonds. The first-order valence-electron chi connectivity index (χ1n) is 12.7. The van der Waals surface area contributed by atoms with Crippen molar-refractivity contribution in [3.8, 4) is 0 Å². The Morgan fingerprint density at radius 1 is 0.778 bits per heavy atom. The Kier molecular flexibility index (Phi) is 9.43. The predicted octanol–water partition coefficient (Wildman–Crippen LogP) is 8.23. The van der Waals surface area contributed by atoms with Crippen LogP contribution < -0.4 is 0 Å². The highest BCUT2D eigenvalue weighted by Crippen LogP contribution is 2.43. The summed E-state index contributed by atoms with van der Waals surface area (Å²) >= 11 is 1.69. The fourth-order valence-electron chi connectivity index (χ4n) is 4.37. The van der Waals surface area contributed by atoms with Crippen molar-refractivity contribution < 1.29 is 9.53 Å². The van der Waals surface area contributed by atoms with E-state index in [1.807, 2.05) is 39.0 Å². The van der Waals surface area contributed by atoms with Crippen LogP contribution in [0.2, 0.25) is 0 Å². The smallest absolute Gasteiger partial charge is 0.321 e. The predicted molar refractivity (Wildman–Crippen MR) is 153 cm³/mol. The van der Waals surface area contributed by atoms with Crippen LogP contribution in [0.3, 0.4) is 0 Å². The minimum Gasteiger partial charge on any atom is -0.459 e. The van der Waals surface area contributed by atoms with Gasteiger partial charge in [-0.25, -0.2) is 0 Å². The highest BCUT2D eigenvalue weighted by atomic mass is 32.2. The Bertz CT molecular complexity index is 1070. The summed E-state index contributed by atoms with van der Waals surface area (Å²) < 4.78 is 5.91. The minimum atomic E-state index is -0.565. The van der Waals surface area contributed by atoms with Crippen molar-refractivity contribution in [1.82, 2.24) is 4.90 Å². The van der Waals surface area contributed by atoms with Crippen molar-refractivity contribution in [3.05, 3.63) is 108 Å². The largest absolute Gasteiger partial charge is 0.459 e. The lowest BCUT2D eigenvalue weighted by atomic mass is 9.96. The third-order valence-corrected chi connectivity index (χ3v) is 7.30. The molecular formula is C32H41NO2S. The molecule has 0 bridgehead atoms. The maximum Gasteiger partial charge on any atom is 0.321 e. The summed E-state index contributed by atoms with van der Waals surface area (Å²) in [5, 5.41) is -0.415. The Morgan fingerprint density at radius 3 is 1.72 bits per heavy atom. The van der Waals surface area contributed by atoms with Crippen molar-refractivity contribution in [2.45, 2.75) is 82.7 Å². The molecule has 0 saturated carbocycles. The normalized spacial score (nSPS) is 14.8. The molecule has 192 valence electrons. The zero-order chi connectivity index (χ0) is 26.3. The summed E-state index contributed by atoms with van der Waals surface area (Å²) in [5.74, 6) is -0.172. The SMILES string of the molecule is C[C@H](c1ccccc1)N(Cc1ccccc1)[C@H](c1ccccc1)[C@H](SC(C)(C)C)C(=O)OC(C)(C)C. The van der Waals surface area contributed by atoms with Gasteiger partial charge in [0.05, 0.1) is 6.04 Å². The van der Waals surface area contributed by atoms with Crippen molar-refractivity contribution >= 4 is 17.7 Å². The highest BCUT2D eigenvalue weighted by Gasteiger charge is 2.41. The number of thioether (sulfide) groups is 1. The second-order valence-corrected chi connectivity index (χ2v) is 13.3. The van der Waals surface area contributed by atoms with Crippen LogP contribution in [0.25, 0.3) is 0 Å². The van der Waals surface area contributed by atoms with Gasteiger partial charge < -0.3 is 4.74 Å². The van der Waals surface area contributed by atoms with Crippen molar-refractivity contribution in [2.75, 3.05) is 0 Å². The monoisotopic (exact) mass is 503 g/mol. The lowest BCUT2D eigenvalue weighted by Gasteiger charge is -2.42. The van der Waals surface area contributed by atoms with E-state index in [1.54, 1.807) is 11.8 Å². The molecule has 4 heteroatoms. The maximum absolute atomic E-state index is 13.9. The number of esters is 1. The van der Waals surface area contributed by atoms with Gasteiger partial charge in [0, 0.05) is 17.3 Å². The van der Waals surface area contributed by atoms with E-state index in [0.717, 1.165) is 5.56 Å². The quantitative estimate of drug-likeness (QED) is 0.275. The Labute approximate surface area is 222 Å². The molecule has 0 spiro atoms. The van der Waals surface area contributed by atoms with Gasteiger partial charge in [0.15, 0.2) is 0 Å². The number of carbonyl (C=O) groups is 1. The minimum absolute atomic E-state index is 0.0714. The summed E-state index contributed by atoms with van der Waals surface area (Å²) in [6.45, 7) is 15.3. The van der Waals surface area contributed by atoms with Crippen LogP contribution in [0.5, 0.6) is 0 Å². The molecule has 3 atom stereocenters. The van der Waals surface area contributed by atoms with Gasteiger partial charge >= 0.3 is 5.97 Å². The third-order valence-electron chi connectivity index (χ3n) is 5.89. The van der Waals surface area contributed by atoms with E-state index in [2.05, 4.69) is 105 Å². The van der Waals surface area contributed by atoms with Gasteiger partial charge in [-0.05, 0) is 44.4 Å². The summed E-state index contributed by atoms with van der Waals surface area (Å²) in [4.78, 5) is 16.4. The molecule has 0 heterocycles. The molecule has 0 unspecified atom stereocenters. The topological polar surface area (TPSA) is 29.5 Å². The number of ether oxygens (including phenoxy) is 1. The van der Waals surface area contributed by atoms with E-state index in [9.17, 15) is 4.79 Å². The molecule has 0 N–H and O–H groups in total. The van der Waals surface area contributed by atoms with E-state index in [4.69, 9.17) is 4.74 Å². The Hall–Kier alpha value is -2.56. The van der Waals surface area contributed by atoms with Crippen LogP contribution in [0.4, 0.5) is 0 Å². The van der Waals surface area contributed by atoms with Gasteiger partial charge in [-0.2, -0.15) is 0 Å². The molecule has 0 radical (unpaired) electrons. The van der Waals surface area contributed by atoms with Crippen LogP contribution >= 0.6 is 11.8 Å². The van der Waals surface area contributed by atoms with Crippen LogP contribution in [0.1, 0.15) is 77.2 Å². The molecule has 3 aromatic carbocycles. The lowest BCUT2D eigenvalue weighted by Crippen LogP contribution is -2.44. The first kappa shape index (κ1) is 28.0. The average molecular weight is 504 g/mol. The van der Waals surface area contributed by atoms with Gasteiger partial charge in [-0.1, -0.05) is 112 Å². The molecular weight excluding hydrogens is 462 g/mol. The fraction of sp³-hybridized carbons (Fsp3) is 0.406. The molecule has 0 aromatic heterocycles. The average Bonchev–Trinajstić information content (AvgIpc) is 2.82. The van der Waals surface area contributed by atoms with E-state index in [0.29, 0.717) is 6.54 Å². The molecule has 3 rings (SSSR count). The molecule has 0 saturated heterocycles. The summed E-state index contributed by atoms with van der Waals surface area (Å²) in [6.07, 6.45) is 0. The summed E-state index contributed by atoms with van der Waals surface area (Å²) in [6, 6.07) is 31.4. The first-order chi connectivity index (χ1) is 16.9. The van der Waals surface area contributed by atoms with Gasteiger partial charge in [-0.15, -0.1) is 11.8 Å². The zero-order valence-electron chi connectivity index (χ0n) is 22.8. The van der Waals surface area contributed by atoms with Crippen molar-refractivity contribution in [1.29, 1.82) is 0 Å². The van der Waals surface area contributed by atoms with Crippen LogP contribution in [0.15, 0.2) is 91.0 Å². The number of benzene rings is 3. The standard InChI is InChI=1S/C32H41NO2S/c1-24(26-19-13-9-14-20-26)33(23-25-17-11-8-12-18-25)28(27-21-15-10-16-22-27)29(36-32(5,6)7)30(34)35-31(2,3)4/h8-22,24,28-29H,23H2,1-7H3/t24-,28-,29+/m1/s1.